The Hall–Kier alpha value is -0.650. The first-order valence-corrected chi connectivity index (χ1v) is 6.89. The number of halogens is 3. The maximum atomic E-state index is 13.0. The third kappa shape index (κ3) is 3.43. The molecule has 0 spiro atoms. The van der Waals surface area contributed by atoms with Crippen LogP contribution >= 0.6 is 34.2 Å². The number of hydrogen-bond donors (Lipinski definition) is 1. The Morgan fingerprint density at radius 2 is 1.83 bits per heavy atom. The molecule has 1 nitrogen and oxygen atoms in total. The molecule has 0 aliphatic carbocycles. The van der Waals surface area contributed by atoms with Gasteiger partial charge in [-0.3, -0.25) is 0 Å². The van der Waals surface area contributed by atoms with Crippen molar-refractivity contribution in [2.45, 2.75) is 12.5 Å². The molecule has 4 heteroatoms. The summed E-state index contributed by atoms with van der Waals surface area (Å²) in [7, 11) is 0. The molecule has 0 aliphatic rings. The van der Waals surface area contributed by atoms with E-state index >= 15 is 0 Å². The fraction of sp³-hybridized carbons (Fsp3) is 0.143. The zero-order valence-corrected chi connectivity index (χ0v) is 12.3. The lowest BCUT2D eigenvalue weighted by Crippen LogP contribution is -2.02. The molecular formula is C14H11ClFIO. The van der Waals surface area contributed by atoms with Crippen molar-refractivity contribution in [2.75, 3.05) is 0 Å². The molecule has 0 heterocycles. The standard InChI is InChI=1S/C14H11ClFIO/c15-12-8-10(3-6-13(12)16)14(18)7-9-1-4-11(17)5-2-9/h1-6,8,14,18H,7H2. The van der Waals surface area contributed by atoms with E-state index in [0.29, 0.717) is 12.0 Å². The van der Waals surface area contributed by atoms with Gasteiger partial charge in [-0.2, -0.15) is 0 Å². The van der Waals surface area contributed by atoms with Crippen LogP contribution in [-0.4, -0.2) is 5.11 Å². The molecule has 0 bridgehead atoms. The van der Waals surface area contributed by atoms with Gasteiger partial charge < -0.3 is 5.11 Å². The molecule has 0 saturated heterocycles. The van der Waals surface area contributed by atoms with Crippen LogP contribution in [0.4, 0.5) is 4.39 Å². The van der Waals surface area contributed by atoms with Crippen LogP contribution in [0.1, 0.15) is 17.2 Å². The molecule has 94 valence electrons. The van der Waals surface area contributed by atoms with Crippen LogP contribution in [-0.2, 0) is 6.42 Å². The highest BCUT2D eigenvalue weighted by molar-refractivity contribution is 14.1. The Morgan fingerprint density at radius 1 is 1.17 bits per heavy atom. The summed E-state index contributed by atoms with van der Waals surface area (Å²) in [5.41, 5.74) is 1.66. The lowest BCUT2D eigenvalue weighted by Gasteiger charge is -2.11. The summed E-state index contributed by atoms with van der Waals surface area (Å²) in [6, 6.07) is 12.2. The summed E-state index contributed by atoms with van der Waals surface area (Å²) in [6.07, 6.45) is -0.193. The fourth-order valence-electron chi connectivity index (χ4n) is 1.68. The largest absolute Gasteiger partial charge is 0.388 e. The average Bonchev–Trinajstić information content (AvgIpc) is 2.35. The molecule has 1 unspecified atom stereocenters. The molecule has 0 aliphatic heterocycles. The smallest absolute Gasteiger partial charge is 0.141 e. The van der Waals surface area contributed by atoms with Crippen molar-refractivity contribution in [2.24, 2.45) is 0 Å². The summed E-state index contributed by atoms with van der Waals surface area (Å²) in [4.78, 5) is 0. The molecule has 18 heavy (non-hydrogen) atoms. The topological polar surface area (TPSA) is 20.2 Å². The minimum absolute atomic E-state index is 0.0363. The van der Waals surface area contributed by atoms with Crippen molar-refractivity contribution in [3.63, 3.8) is 0 Å². The summed E-state index contributed by atoms with van der Waals surface area (Å²) in [5, 5.41) is 10.1. The summed E-state index contributed by atoms with van der Waals surface area (Å²) in [6.45, 7) is 0. The number of benzene rings is 2. The van der Waals surface area contributed by atoms with Gasteiger partial charge in [-0.25, -0.2) is 4.39 Å². The second kappa shape index (κ2) is 5.99. The zero-order chi connectivity index (χ0) is 13.1. The van der Waals surface area contributed by atoms with Crippen LogP contribution in [0.2, 0.25) is 5.02 Å². The van der Waals surface area contributed by atoms with Gasteiger partial charge in [0, 0.05) is 9.99 Å². The van der Waals surface area contributed by atoms with Crippen LogP contribution < -0.4 is 0 Å². The van der Waals surface area contributed by atoms with Crippen molar-refractivity contribution >= 4 is 34.2 Å². The van der Waals surface area contributed by atoms with Gasteiger partial charge >= 0.3 is 0 Å². The second-order valence-corrected chi connectivity index (χ2v) is 5.67. The molecule has 1 atom stereocenters. The first-order chi connectivity index (χ1) is 8.56. The van der Waals surface area contributed by atoms with Crippen LogP contribution in [0.25, 0.3) is 0 Å². The van der Waals surface area contributed by atoms with Crippen molar-refractivity contribution in [3.05, 3.63) is 68.0 Å². The summed E-state index contributed by atoms with van der Waals surface area (Å²) in [5.74, 6) is -0.470. The highest BCUT2D eigenvalue weighted by atomic mass is 127. The molecule has 0 fully saturated rings. The van der Waals surface area contributed by atoms with E-state index in [1.807, 2.05) is 24.3 Å². The molecule has 0 aromatic heterocycles. The van der Waals surface area contributed by atoms with E-state index in [1.54, 1.807) is 6.07 Å². The van der Waals surface area contributed by atoms with Crippen LogP contribution in [0, 0.1) is 9.39 Å². The Labute approximate surface area is 124 Å². The fourth-order valence-corrected chi connectivity index (χ4v) is 2.23. The SMILES string of the molecule is OC(Cc1ccc(I)cc1)c1ccc(F)c(Cl)c1. The zero-order valence-electron chi connectivity index (χ0n) is 9.41. The highest BCUT2D eigenvalue weighted by Gasteiger charge is 2.10. The molecule has 0 amide bonds. The lowest BCUT2D eigenvalue weighted by molar-refractivity contribution is 0.178. The first kappa shape index (κ1) is 13.8. The Morgan fingerprint density at radius 3 is 2.44 bits per heavy atom. The van der Waals surface area contributed by atoms with Gasteiger partial charge in [0.25, 0.3) is 0 Å². The van der Waals surface area contributed by atoms with Gasteiger partial charge in [0.05, 0.1) is 11.1 Å². The number of aliphatic hydroxyl groups is 1. The molecule has 0 radical (unpaired) electrons. The Bertz CT molecular complexity index is 542. The van der Waals surface area contributed by atoms with E-state index in [0.717, 1.165) is 9.13 Å². The lowest BCUT2D eigenvalue weighted by atomic mass is 10.0. The molecule has 2 aromatic carbocycles. The van der Waals surface area contributed by atoms with E-state index in [2.05, 4.69) is 22.6 Å². The van der Waals surface area contributed by atoms with Gasteiger partial charge in [-0.05, 0) is 58.0 Å². The van der Waals surface area contributed by atoms with Crippen LogP contribution in [0.5, 0.6) is 0 Å². The number of aliphatic hydroxyl groups excluding tert-OH is 1. The van der Waals surface area contributed by atoms with Crippen molar-refractivity contribution < 1.29 is 9.50 Å². The quantitative estimate of drug-likeness (QED) is 0.789. The second-order valence-electron chi connectivity index (χ2n) is 4.02. The van der Waals surface area contributed by atoms with Gasteiger partial charge in [0.2, 0.25) is 0 Å². The van der Waals surface area contributed by atoms with E-state index in [4.69, 9.17) is 11.6 Å². The van der Waals surface area contributed by atoms with E-state index in [-0.39, 0.29) is 5.02 Å². The molecule has 1 N–H and O–H groups in total. The Balaban J connectivity index is 2.13. The van der Waals surface area contributed by atoms with Crippen molar-refractivity contribution in [3.8, 4) is 0 Å². The number of hydrogen-bond acceptors (Lipinski definition) is 1. The van der Waals surface area contributed by atoms with E-state index < -0.39 is 11.9 Å². The van der Waals surface area contributed by atoms with Crippen LogP contribution in [0.3, 0.4) is 0 Å². The normalized spacial score (nSPS) is 12.4. The predicted molar refractivity (Wildman–Crippen MR) is 79.2 cm³/mol. The Kier molecular flexibility index (Phi) is 4.59. The van der Waals surface area contributed by atoms with Crippen LogP contribution in [0.15, 0.2) is 42.5 Å². The number of rotatable bonds is 3. The molecule has 2 rings (SSSR count). The predicted octanol–water partition coefficient (Wildman–Crippen LogP) is 4.36. The third-order valence-electron chi connectivity index (χ3n) is 2.67. The molecular weight excluding hydrogens is 366 g/mol. The maximum Gasteiger partial charge on any atom is 0.141 e. The highest BCUT2D eigenvalue weighted by Crippen LogP contribution is 2.23. The van der Waals surface area contributed by atoms with Gasteiger partial charge in [-0.15, -0.1) is 0 Å². The first-order valence-electron chi connectivity index (χ1n) is 5.44. The minimum atomic E-state index is -0.678. The molecule has 0 saturated carbocycles. The van der Waals surface area contributed by atoms with Crippen molar-refractivity contribution in [1.82, 2.24) is 0 Å². The van der Waals surface area contributed by atoms with E-state index in [9.17, 15) is 9.50 Å². The third-order valence-corrected chi connectivity index (χ3v) is 3.68. The summed E-state index contributed by atoms with van der Waals surface area (Å²) < 4.78 is 14.2. The van der Waals surface area contributed by atoms with Gasteiger partial charge in [0.1, 0.15) is 5.82 Å². The monoisotopic (exact) mass is 376 g/mol. The minimum Gasteiger partial charge on any atom is -0.388 e. The van der Waals surface area contributed by atoms with Crippen molar-refractivity contribution in [1.29, 1.82) is 0 Å². The van der Waals surface area contributed by atoms with Gasteiger partial charge in [0.15, 0.2) is 0 Å². The summed E-state index contributed by atoms with van der Waals surface area (Å²) >= 11 is 7.92. The average molecular weight is 377 g/mol. The van der Waals surface area contributed by atoms with E-state index in [1.165, 1.54) is 12.1 Å². The maximum absolute atomic E-state index is 13.0. The molecule has 2 aromatic rings. The van der Waals surface area contributed by atoms with Gasteiger partial charge in [-0.1, -0.05) is 29.8 Å².